The number of primary amides is 1. The number of aliphatic hydroxyl groups is 1. The molecule has 6 heteroatoms. The predicted molar refractivity (Wildman–Crippen MR) is 95.3 cm³/mol. The van der Waals surface area contributed by atoms with Crippen molar-refractivity contribution < 1.29 is 9.90 Å². The first-order valence-electron chi connectivity index (χ1n) is 8.74. The van der Waals surface area contributed by atoms with Crippen molar-refractivity contribution in [2.24, 2.45) is 11.7 Å². The lowest BCUT2D eigenvalue weighted by Crippen LogP contribution is -2.29. The molecule has 3 atom stereocenters. The summed E-state index contributed by atoms with van der Waals surface area (Å²) >= 11 is 0. The zero-order valence-electron chi connectivity index (χ0n) is 14.0. The first kappa shape index (κ1) is 15.3. The Bertz CT molecular complexity index is 1030. The van der Waals surface area contributed by atoms with E-state index in [0.29, 0.717) is 6.42 Å². The molecule has 3 unspecified atom stereocenters. The monoisotopic (exact) mass is 346 g/mol. The Hall–Kier alpha value is -2.99. The highest BCUT2D eigenvalue weighted by Crippen LogP contribution is 2.49. The van der Waals surface area contributed by atoms with E-state index in [1.54, 1.807) is 12.1 Å². The summed E-state index contributed by atoms with van der Waals surface area (Å²) < 4.78 is 2.16. The number of nitrogens with zero attached hydrogens (tertiary/aromatic N) is 3. The Morgan fingerprint density at radius 3 is 2.88 bits per heavy atom. The van der Waals surface area contributed by atoms with Crippen LogP contribution in [0.25, 0.3) is 11.3 Å². The highest BCUT2D eigenvalue weighted by Gasteiger charge is 2.40. The summed E-state index contributed by atoms with van der Waals surface area (Å²) in [6.07, 6.45) is 4.56. The van der Waals surface area contributed by atoms with E-state index in [2.05, 4.69) is 26.7 Å². The first-order valence-corrected chi connectivity index (χ1v) is 8.74. The van der Waals surface area contributed by atoms with Crippen LogP contribution in [-0.4, -0.2) is 25.5 Å². The summed E-state index contributed by atoms with van der Waals surface area (Å²) in [6.45, 7) is 0. The second-order valence-electron chi connectivity index (χ2n) is 6.96. The largest absolute Gasteiger partial charge is 0.388 e. The molecule has 26 heavy (non-hydrogen) atoms. The van der Waals surface area contributed by atoms with Gasteiger partial charge in [0, 0.05) is 22.7 Å². The number of aliphatic hydroxyl groups excluding tert-OH is 1. The van der Waals surface area contributed by atoms with Crippen LogP contribution in [0.15, 0.2) is 48.9 Å². The number of carbonyl (C=O) groups excluding carboxylic acids is 1. The van der Waals surface area contributed by atoms with Gasteiger partial charge >= 0.3 is 0 Å². The fourth-order valence-electron chi connectivity index (χ4n) is 4.45. The number of nitrogens with two attached hydrogens (primary N) is 1. The van der Waals surface area contributed by atoms with Crippen LogP contribution in [0, 0.1) is 5.92 Å². The zero-order chi connectivity index (χ0) is 17.8. The number of aryl methyl sites for hydroxylation is 1. The van der Waals surface area contributed by atoms with Gasteiger partial charge in [-0.05, 0) is 24.5 Å². The maximum absolute atomic E-state index is 11.4. The van der Waals surface area contributed by atoms with Gasteiger partial charge in [-0.15, -0.1) is 0 Å². The molecule has 0 saturated heterocycles. The molecule has 5 rings (SSSR count). The number of aromatic nitrogens is 3. The van der Waals surface area contributed by atoms with Crippen molar-refractivity contribution >= 4 is 5.91 Å². The summed E-state index contributed by atoms with van der Waals surface area (Å²) in [7, 11) is 0. The predicted octanol–water partition coefficient (Wildman–Crippen LogP) is 2.24. The van der Waals surface area contributed by atoms with Gasteiger partial charge in [-0.3, -0.25) is 4.79 Å². The first-order chi connectivity index (χ1) is 12.6. The number of hydrogen-bond acceptors (Lipinski definition) is 4. The third-order valence-electron chi connectivity index (χ3n) is 5.63. The van der Waals surface area contributed by atoms with Gasteiger partial charge in [0.2, 0.25) is 0 Å². The van der Waals surface area contributed by atoms with Gasteiger partial charge in [0.05, 0.1) is 30.4 Å². The lowest BCUT2D eigenvalue weighted by Gasteiger charge is -2.34. The molecule has 6 nitrogen and oxygen atoms in total. The highest BCUT2D eigenvalue weighted by molar-refractivity contribution is 5.90. The van der Waals surface area contributed by atoms with Crippen molar-refractivity contribution in [2.45, 2.75) is 25.0 Å². The molecule has 3 N–H and O–H groups in total. The van der Waals surface area contributed by atoms with Gasteiger partial charge < -0.3 is 15.4 Å². The fraction of sp³-hybridized carbons (Fsp3) is 0.250. The minimum Gasteiger partial charge on any atom is -0.388 e. The lowest BCUT2D eigenvalue weighted by molar-refractivity contribution is 0.0708. The van der Waals surface area contributed by atoms with Crippen LogP contribution >= 0.6 is 0 Å². The highest BCUT2D eigenvalue weighted by atomic mass is 16.3. The number of imidazole rings is 1. The molecule has 3 heterocycles. The minimum absolute atomic E-state index is 0.0142. The van der Waals surface area contributed by atoms with E-state index < -0.39 is 12.0 Å². The van der Waals surface area contributed by atoms with Crippen LogP contribution in [0.4, 0.5) is 0 Å². The molecule has 0 spiro atoms. The average molecular weight is 346 g/mol. The number of benzene rings is 1. The third-order valence-corrected chi connectivity index (χ3v) is 5.63. The molecule has 1 aliphatic carbocycles. The van der Waals surface area contributed by atoms with Crippen LogP contribution in [0.2, 0.25) is 0 Å². The molecule has 1 aliphatic heterocycles. The summed E-state index contributed by atoms with van der Waals surface area (Å²) in [5, 5.41) is 11.1. The summed E-state index contributed by atoms with van der Waals surface area (Å²) in [5.41, 5.74) is 10.6. The molecular formula is C20H18N4O2. The summed E-state index contributed by atoms with van der Waals surface area (Å²) in [4.78, 5) is 20.0. The number of carbonyl (C=O) groups is 1. The number of amides is 1. The molecule has 3 aromatic rings. The Morgan fingerprint density at radius 1 is 1.19 bits per heavy atom. The average Bonchev–Trinajstić information content (AvgIpc) is 3.23. The number of rotatable bonds is 2. The fourth-order valence-corrected chi connectivity index (χ4v) is 4.45. The van der Waals surface area contributed by atoms with Crippen LogP contribution in [-0.2, 0) is 6.42 Å². The Balaban J connectivity index is 1.57. The number of hydrogen-bond donors (Lipinski definition) is 2. The van der Waals surface area contributed by atoms with E-state index in [9.17, 15) is 9.90 Å². The Morgan fingerprint density at radius 2 is 2.04 bits per heavy atom. The molecular weight excluding hydrogens is 328 g/mol. The number of pyridine rings is 1. The molecule has 0 fully saturated rings. The van der Waals surface area contributed by atoms with E-state index in [1.807, 2.05) is 24.7 Å². The van der Waals surface area contributed by atoms with Crippen molar-refractivity contribution in [3.05, 3.63) is 71.4 Å². The Labute approximate surface area is 150 Å². The molecule has 130 valence electrons. The van der Waals surface area contributed by atoms with Crippen LogP contribution in [0.1, 0.15) is 45.9 Å². The standard InChI is InChI=1S/C20H18N4O2/c21-20(26)16-8-5-13-15(23-16)7-6-14(19(13)25)18-12-4-2-1-3-11(12)17-9-22-10-24(17)18/h1-5,8-10,14,18-19,25H,6-7H2,(H2,21,26). The SMILES string of the molecule is NC(=O)c1ccc2c(n1)CCC(C1c3ccccc3-c3cncn31)C2O. The number of fused-ring (bicyclic) bond motifs is 4. The van der Waals surface area contributed by atoms with E-state index in [-0.39, 0.29) is 17.7 Å². The molecule has 2 aromatic heterocycles. The van der Waals surface area contributed by atoms with Gasteiger partial charge in [-0.1, -0.05) is 30.3 Å². The van der Waals surface area contributed by atoms with Gasteiger partial charge in [-0.2, -0.15) is 0 Å². The molecule has 0 bridgehead atoms. The maximum Gasteiger partial charge on any atom is 0.267 e. The maximum atomic E-state index is 11.4. The summed E-state index contributed by atoms with van der Waals surface area (Å²) in [5.74, 6) is -0.530. The van der Waals surface area contributed by atoms with E-state index in [1.165, 1.54) is 11.1 Å². The molecule has 0 radical (unpaired) electrons. The second-order valence-corrected chi connectivity index (χ2v) is 6.96. The van der Waals surface area contributed by atoms with Gasteiger partial charge in [0.15, 0.2) is 0 Å². The third kappa shape index (κ3) is 2.05. The van der Waals surface area contributed by atoms with E-state index in [0.717, 1.165) is 23.4 Å². The second kappa shape index (κ2) is 5.51. The van der Waals surface area contributed by atoms with Gasteiger partial charge in [-0.25, -0.2) is 9.97 Å². The van der Waals surface area contributed by atoms with E-state index >= 15 is 0 Å². The topological polar surface area (TPSA) is 94.0 Å². The quantitative estimate of drug-likeness (QED) is 0.744. The minimum atomic E-state index is -0.653. The van der Waals surface area contributed by atoms with Gasteiger partial charge in [0.25, 0.3) is 5.91 Å². The van der Waals surface area contributed by atoms with Crippen LogP contribution < -0.4 is 5.73 Å². The normalized spacial score (nSPS) is 23.2. The van der Waals surface area contributed by atoms with Crippen molar-refractivity contribution in [3.63, 3.8) is 0 Å². The zero-order valence-corrected chi connectivity index (χ0v) is 14.0. The van der Waals surface area contributed by atoms with Crippen molar-refractivity contribution in [1.82, 2.24) is 14.5 Å². The lowest BCUT2D eigenvalue weighted by atomic mass is 9.77. The van der Waals surface area contributed by atoms with Crippen molar-refractivity contribution in [3.8, 4) is 11.3 Å². The van der Waals surface area contributed by atoms with Gasteiger partial charge in [0.1, 0.15) is 5.69 Å². The molecule has 2 aliphatic rings. The van der Waals surface area contributed by atoms with Crippen LogP contribution in [0.3, 0.4) is 0 Å². The smallest absolute Gasteiger partial charge is 0.267 e. The van der Waals surface area contributed by atoms with Crippen molar-refractivity contribution in [1.29, 1.82) is 0 Å². The molecule has 1 aromatic carbocycles. The van der Waals surface area contributed by atoms with Crippen LogP contribution in [0.5, 0.6) is 0 Å². The molecule has 0 saturated carbocycles. The summed E-state index contributed by atoms with van der Waals surface area (Å²) in [6, 6.07) is 11.7. The van der Waals surface area contributed by atoms with Crippen molar-refractivity contribution in [2.75, 3.05) is 0 Å². The molecule has 1 amide bonds. The van der Waals surface area contributed by atoms with E-state index in [4.69, 9.17) is 5.73 Å². The Kier molecular flexibility index (Phi) is 3.24.